The van der Waals surface area contributed by atoms with Crippen molar-refractivity contribution in [3.8, 4) is 0 Å². The van der Waals surface area contributed by atoms with Crippen molar-refractivity contribution < 1.29 is 0 Å². The van der Waals surface area contributed by atoms with E-state index >= 15 is 0 Å². The molecule has 1 unspecified atom stereocenters. The minimum atomic E-state index is 0.889. The third kappa shape index (κ3) is 2.43. The maximum Gasteiger partial charge on any atom is 0.0351 e. The van der Waals surface area contributed by atoms with Gasteiger partial charge in [-0.1, -0.05) is 19.3 Å². The first-order chi connectivity index (χ1) is 8.25. The van der Waals surface area contributed by atoms with E-state index < -0.39 is 0 Å². The summed E-state index contributed by atoms with van der Waals surface area (Å²) < 4.78 is 0. The van der Waals surface area contributed by atoms with Crippen LogP contribution in [0.1, 0.15) is 41.9 Å². The molecule has 1 atom stereocenters. The van der Waals surface area contributed by atoms with Gasteiger partial charge < -0.3 is 0 Å². The Morgan fingerprint density at radius 2 is 1.65 bits per heavy atom. The highest BCUT2D eigenvalue weighted by atomic mass is 32.2. The van der Waals surface area contributed by atoms with Gasteiger partial charge in [0.2, 0.25) is 0 Å². The minimum Gasteiger partial charge on any atom is -0.144 e. The van der Waals surface area contributed by atoms with Gasteiger partial charge in [0.25, 0.3) is 0 Å². The number of thiophene rings is 1. The van der Waals surface area contributed by atoms with Gasteiger partial charge in [0, 0.05) is 30.5 Å². The van der Waals surface area contributed by atoms with Crippen molar-refractivity contribution in [2.45, 2.75) is 61.0 Å². The molecule has 2 aliphatic rings. The molecule has 2 heterocycles. The second-order valence-electron chi connectivity index (χ2n) is 5.24. The highest BCUT2D eigenvalue weighted by molar-refractivity contribution is 8.06. The maximum atomic E-state index is 2.30. The predicted octanol–water partition coefficient (Wildman–Crippen LogP) is 5.51. The number of fused-ring (bicyclic) bond motifs is 1. The van der Waals surface area contributed by atoms with E-state index in [2.05, 4.69) is 37.4 Å². The molecule has 1 aromatic heterocycles. The van der Waals surface area contributed by atoms with Gasteiger partial charge in [-0.25, -0.2) is 0 Å². The molecular formula is C14H20S3. The average molecular weight is 285 g/mol. The lowest BCUT2D eigenvalue weighted by Crippen LogP contribution is -2.24. The highest BCUT2D eigenvalue weighted by Crippen LogP contribution is 2.51. The monoisotopic (exact) mass is 284 g/mol. The Kier molecular flexibility index (Phi) is 3.79. The first-order valence-corrected chi connectivity index (χ1v) is 9.33. The summed E-state index contributed by atoms with van der Waals surface area (Å²) in [5, 5.41) is 0.889. The largest absolute Gasteiger partial charge is 0.144 e. The molecule has 1 fully saturated rings. The fourth-order valence-electron chi connectivity index (χ4n) is 3.03. The van der Waals surface area contributed by atoms with Crippen LogP contribution >= 0.6 is 34.9 Å². The predicted molar refractivity (Wildman–Crippen MR) is 80.7 cm³/mol. The zero-order valence-electron chi connectivity index (χ0n) is 10.6. The van der Waals surface area contributed by atoms with Crippen LogP contribution in [-0.2, 0) is 0 Å². The molecular weight excluding hydrogens is 264 g/mol. The Hall–Kier alpha value is 0.400. The molecule has 1 saturated carbocycles. The minimum absolute atomic E-state index is 0.889. The van der Waals surface area contributed by atoms with Crippen molar-refractivity contribution in [3.05, 3.63) is 9.75 Å². The molecule has 0 amide bonds. The standard InChI is InChI=1S/C14H20S3/c1-9-13-14(10(2)16-9)17-12(8-15-13)11-6-4-3-5-7-11/h11-12H,3-8H2,1-2H3. The van der Waals surface area contributed by atoms with Crippen molar-refractivity contribution in [2.75, 3.05) is 5.75 Å². The van der Waals surface area contributed by atoms with Gasteiger partial charge in [-0.2, -0.15) is 0 Å². The summed E-state index contributed by atoms with van der Waals surface area (Å²) in [6.45, 7) is 4.58. The first kappa shape index (κ1) is 12.4. The molecule has 3 heteroatoms. The fourth-order valence-corrected chi connectivity index (χ4v) is 7.67. The van der Waals surface area contributed by atoms with Gasteiger partial charge in [-0.05, 0) is 32.6 Å². The Labute approximate surface area is 117 Å². The summed E-state index contributed by atoms with van der Waals surface area (Å²) in [6.07, 6.45) is 7.39. The molecule has 0 nitrogen and oxygen atoms in total. The molecule has 0 aromatic carbocycles. The van der Waals surface area contributed by atoms with Gasteiger partial charge in [0.15, 0.2) is 0 Å². The summed E-state index contributed by atoms with van der Waals surface area (Å²) in [4.78, 5) is 6.32. The van der Waals surface area contributed by atoms with Crippen LogP contribution in [0.2, 0.25) is 0 Å². The number of rotatable bonds is 1. The van der Waals surface area contributed by atoms with E-state index in [9.17, 15) is 0 Å². The molecule has 1 aromatic rings. The Morgan fingerprint density at radius 1 is 0.941 bits per heavy atom. The number of hydrogen-bond acceptors (Lipinski definition) is 3. The third-order valence-electron chi connectivity index (χ3n) is 3.99. The van der Waals surface area contributed by atoms with Crippen LogP contribution in [0.4, 0.5) is 0 Å². The van der Waals surface area contributed by atoms with Crippen LogP contribution in [0.15, 0.2) is 9.79 Å². The highest BCUT2D eigenvalue weighted by Gasteiger charge is 2.30. The second-order valence-corrected chi connectivity index (χ2v) is 8.95. The van der Waals surface area contributed by atoms with E-state index in [-0.39, 0.29) is 0 Å². The summed E-state index contributed by atoms with van der Waals surface area (Å²) in [6, 6.07) is 0. The Bertz CT molecular complexity index is 402. The van der Waals surface area contributed by atoms with E-state index in [0.717, 1.165) is 11.2 Å². The van der Waals surface area contributed by atoms with Crippen molar-refractivity contribution in [3.63, 3.8) is 0 Å². The topological polar surface area (TPSA) is 0 Å². The van der Waals surface area contributed by atoms with Crippen molar-refractivity contribution in [2.24, 2.45) is 5.92 Å². The van der Waals surface area contributed by atoms with E-state index in [0.29, 0.717) is 0 Å². The van der Waals surface area contributed by atoms with Gasteiger partial charge >= 0.3 is 0 Å². The molecule has 0 radical (unpaired) electrons. The summed E-state index contributed by atoms with van der Waals surface area (Å²) >= 11 is 6.32. The molecule has 3 rings (SSSR count). The van der Waals surface area contributed by atoms with Crippen LogP contribution in [0, 0.1) is 19.8 Å². The summed E-state index contributed by atoms with van der Waals surface area (Å²) in [5.41, 5.74) is 0. The number of thioether (sulfide) groups is 2. The Balaban J connectivity index is 1.77. The van der Waals surface area contributed by atoms with Gasteiger partial charge in [0.05, 0.1) is 0 Å². The van der Waals surface area contributed by atoms with Gasteiger partial charge in [-0.15, -0.1) is 34.9 Å². The number of hydrogen-bond donors (Lipinski definition) is 0. The average Bonchev–Trinajstić information content (AvgIpc) is 2.66. The normalized spacial score (nSPS) is 25.9. The molecule has 1 aliphatic carbocycles. The molecule has 0 spiro atoms. The van der Waals surface area contributed by atoms with Crippen LogP contribution in [0.3, 0.4) is 0 Å². The lowest BCUT2D eigenvalue weighted by atomic mass is 9.87. The Morgan fingerprint density at radius 3 is 2.41 bits per heavy atom. The SMILES string of the molecule is Cc1sc(C)c2c1SCC(C1CCCCC1)S2. The molecule has 0 saturated heterocycles. The molecule has 94 valence electrons. The number of aryl methyl sites for hydroxylation is 2. The third-order valence-corrected chi connectivity index (χ3v) is 8.53. The van der Waals surface area contributed by atoms with Gasteiger partial charge in [-0.3, -0.25) is 0 Å². The fraction of sp³-hybridized carbons (Fsp3) is 0.714. The van der Waals surface area contributed by atoms with Crippen LogP contribution in [0.25, 0.3) is 0 Å². The van der Waals surface area contributed by atoms with Gasteiger partial charge in [0.1, 0.15) is 0 Å². The first-order valence-electron chi connectivity index (χ1n) is 6.65. The maximum absolute atomic E-state index is 2.30. The van der Waals surface area contributed by atoms with Crippen LogP contribution in [0.5, 0.6) is 0 Å². The van der Waals surface area contributed by atoms with Crippen LogP contribution < -0.4 is 0 Å². The molecule has 1 aliphatic heterocycles. The van der Waals surface area contributed by atoms with E-state index in [4.69, 9.17) is 0 Å². The van der Waals surface area contributed by atoms with Crippen LogP contribution in [-0.4, -0.2) is 11.0 Å². The lowest BCUT2D eigenvalue weighted by molar-refractivity contribution is 0.358. The van der Waals surface area contributed by atoms with E-state index in [1.807, 2.05) is 11.3 Å². The quantitative estimate of drug-likeness (QED) is 0.666. The summed E-state index contributed by atoms with van der Waals surface area (Å²) in [7, 11) is 0. The molecule has 17 heavy (non-hydrogen) atoms. The molecule has 0 N–H and O–H groups in total. The van der Waals surface area contributed by atoms with Crippen molar-refractivity contribution in [1.82, 2.24) is 0 Å². The lowest BCUT2D eigenvalue weighted by Gasteiger charge is -2.32. The smallest absolute Gasteiger partial charge is 0.0351 e. The van der Waals surface area contributed by atoms with E-state index in [1.165, 1.54) is 42.7 Å². The second kappa shape index (κ2) is 5.18. The zero-order valence-corrected chi connectivity index (χ0v) is 13.1. The molecule has 0 bridgehead atoms. The van der Waals surface area contributed by atoms with E-state index in [1.54, 1.807) is 14.7 Å². The summed E-state index contributed by atoms with van der Waals surface area (Å²) in [5.74, 6) is 2.34. The van der Waals surface area contributed by atoms with Crippen molar-refractivity contribution >= 4 is 34.9 Å². The zero-order chi connectivity index (χ0) is 11.8. The van der Waals surface area contributed by atoms with Crippen molar-refractivity contribution in [1.29, 1.82) is 0 Å².